The summed E-state index contributed by atoms with van der Waals surface area (Å²) in [6.07, 6.45) is 0. The third kappa shape index (κ3) is 2.30. The van der Waals surface area contributed by atoms with Gasteiger partial charge in [0.1, 0.15) is 18.5 Å². The molecule has 0 aliphatic carbocycles. The molecule has 0 heterocycles. The molecule has 0 saturated carbocycles. The number of hydrogen-bond acceptors (Lipinski definition) is 2. The summed E-state index contributed by atoms with van der Waals surface area (Å²) in [6, 6.07) is 5.57. The van der Waals surface area contributed by atoms with Gasteiger partial charge in [-0.25, -0.2) is 4.39 Å². The molecule has 2 nitrogen and oxygen atoms in total. The Kier molecular flexibility index (Phi) is 3.03. The summed E-state index contributed by atoms with van der Waals surface area (Å²) in [4.78, 5) is 0. The number of halogens is 1. The van der Waals surface area contributed by atoms with Gasteiger partial charge in [-0.15, -0.1) is 0 Å². The van der Waals surface area contributed by atoms with Crippen LogP contribution in [0.3, 0.4) is 0 Å². The largest absolute Gasteiger partial charge is 0.384 e. The van der Waals surface area contributed by atoms with Crippen molar-refractivity contribution < 1.29 is 9.50 Å². The number of nitriles is 1. The summed E-state index contributed by atoms with van der Waals surface area (Å²) in [5, 5.41) is 17.0. The summed E-state index contributed by atoms with van der Waals surface area (Å²) in [5.74, 6) is 4.48. The summed E-state index contributed by atoms with van der Waals surface area (Å²) in [5.41, 5.74) is 0.610. The summed E-state index contributed by atoms with van der Waals surface area (Å²) >= 11 is 0. The highest BCUT2D eigenvalue weighted by Crippen LogP contribution is 2.08. The van der Waals surface area contributed by atoms with Gasteiger partial charge in [0.2, 0.25) is 0 Å². The Morgan fingerprint density at radius 3 is 2.77 bits per heavy atom. The van der Waals surface area contributed by atoms with E-state index in [4.69, 9.17) is 10.4 Å². The minimum atomic E-state index is -0.467. The predicted octanol–water partition coefficient (Wildman–Crippen LogP) is 1.04. The summed E-state index contributed by atoms with van der Waals surface area (Å²) in [6.45, 7) is -0.276. The number of hydrogen-bond donors (Lipinski definition) is 1. The van der Waals surface area contributed by atoms with Crippen molar-refractivity contribution in [1.82, 2.24) is 0 Å². The first-order valence-electron chi connectivity index (χ1n) is 3.57. The quantitative estimate of drug-likeness (QED) is 0.599. The van der Waals surface area contributed by atoms with Crippen molar-refractivity contribution in [2.75, 3.05) is 6.61 Å². The number of benzene rings is 1. The zero-order chi connectivity index (χ0) is 9.68. The van der Waals surface area contributed by atoms with E-state index in [1.807, 2.05) is 6.07 Å². The molecule has 0 saturated heterocycles. The first-order valence-corrected chi connectivity index (χ1v) is 3.57. The maximum absolute atomic E-state index is 12.6. The molecule has 1 rings (SSSR count). The SMILES string of the molecule is N#Cc1cc(F)ccc1C#CCO. The molecule has 0 aliphatic rings. The zero-order valence-electron chi connectivity index (χ0n) is 6.71. The van der Waals surface area contributed by atoms with Gasteiger partial charge < -0.3 is 5.11 Å². The van der Waals surface area contributed by atoms with E-state index in [0.29, 0.717) is 5.56 Å². The topological polar surface area (TPSA) is 44.0 Å². The molecule has 0 aliphatic heterocycles. The molecular formula is C10H6FNO. The average Bonchev–Trinajstić information content (AvgIpc) is 2.16. The van der Waals surface area contributed by atoms with Gasteiger partial charge >= 0.3 is 0 Å². The lowest BCUT2D eigenvalue weighted by atomic mass is 10.1. The Morgan fingerprint density at radius 2 is 2.15 bits per heavy atom. The van der Waals surface area contributed by atoms with E-state index in [1.165, 1.54) is 12.1 Å². The van der Waals surface area contributed by atoms with Crippen molar-refractivity contribution >= 4 is 0 Å². The summed E-state index contributed by atoms with van der Waals surface area (Å²) in [7, 11) is 0. The fourth-order valence-corrected chi connectivity index (χ4v) is 0.853. The van der Waals surface area contributed by atoms with Crippen LogP contribution in [0.15, 0.2) is 18.2 Å². The van der Waals surface area contributed by atoms with Crippen molar-refractivity contribution in [3.05, 3.63) is 35.1 Å². The molecule has 0 aromatic heterocycles. The van der Waals surface area contributed by atoms with Crippen LogP contribution >= 0.6 is 0 Å². The molecule has 1 N–H and O–H groups in total. The van der Waals surface area contributed by atoms with Crippen molar-refractivity contribution in [2.45, 2.75) is 0 Å². The normalized spacial score (nSPS) is 8.38. The average molecular weight is 175 g/mol. The van der Waals surface area contributed by atoms with E-state index in [9.17, 15) is 4.39 Å². The van der Waals surface area contributed by atoms with Gasteiger partial charge in [0, 0.05) is 5.56 Å². The molecule has 13 heavy (non-hydrogen) atoms. The third-order valence-corrected chi connectivity index (χ3v) is 1.40. The highest BCUT2D eigenvalue weighted by atomic mass is 19.1. The molecule has 0 spiro atoms. The molecule has 0 fully saturated rings. The van der Waals surface area contributed by atoms with Crippen LogP contribution in [0, 0.1) is 29.0 Å². The molecule has 0 atom stereocenters. The van der Waals surface area contributed by atoms with Crippen LogP contribution in [-0.4, -0.2) is 11.7 Å². The van der Waals surface area contributed by atoms with Crippen LogP contribution in [0.25, 0.3) is 0 Å². The van der Waals surface area contributed by atoms with Gasteiger partial charge in [-0.1, -0.05) is 11.8 Å². The first-order chi connectivity index (χ1) is 6.27. The van der Waals surface area contributed by atoms with Crippen molar-refractivity contribution in [1.29, 1.82) is 5.26 Å². The van der Waals surface area contributed by atoms with E-state index in [-0.39, 0.29) is 12.2 Å². The highest BCUT2D eigenvalue weighted by Gasteiger charge is 1.99. The Hall–Kier alpha value is -1.84. The third-order valence-electron chi connectivity index (χ3n) is 1.40. The monoisotopic (exact) mass is 175 g/mol. The second-order valence-corrected chi connectivity index (χ2v) is 2.26. The van der Waals surface area contributed by atoms with E-state index in [0.717, 1.165) is 6.07 Å². The van der Waals surface area contributed by atoms with Crippen molar-refractivity contribution in [2.24, 2.45) is 0 Å². The van der Waals surface area contributed by atoms with Gasteiger partial charge in [0.25, 0.3) is 0 Å². The van der Waals surface area contributed by atoms with E-state index in [2.05, 4.69) is 11.8 Å². The van der Waals surface area contributed by atoms with Gasteiger partial charge in [-0.3, -0.25) is 0 Å². The molecular weight excluding hydrogens is 169 g/mol. The molecule has 1 aromatic carbocycles. The molecule has 0 amide bonds. The van der Waals surface area contributed by atoms with Crippen LogP contribution in [-0.2, 0) is 0 Å². The van der Waals surface area contributed by atoms with Gasteiger partial charge in [-0.05, 0) is 18.2 Å². The van der Waals surface area contributed by atoms with Crippen LogP contribution in [0.2, 0.25) is 0 Å². The van der Waals surface area contributed by atoms with Crippen LogP contribution < -0.4 is 0 Å². The maximum Gasteiger partial charge on any atom is 0.124 e. The van der Waals surface area contributed by atoms with E-state index in [1.54, 1.807) is 0 Å². The zero-order valence-corrected chi connectivity index (χ0v) is 6.71. The first kappa shape index (κ1) is 9.25. The Morgan fingerprint density at radius 1 is 1.38 bits per heavy atom. The smallest absolute Gasteiger partial charge is 0.124 e. The minimum absolute atomic E-state index is 0.181. The fourth-order valence-electron chi connectivity index (χ4n) is 0.853. The maximum atomic E-state index is 12.6. The molecule has 0 radical (unpaired) electrons. The standard InChI is InChI=1S/C10H6FNO/c11-10-4-3-8(2-1-5-13)9(6-10)7-12/h3-4,6,13H,5H2. The fraction of sp³-hybridized carbons (Fsp3) is 0.100. The predicted molar refractivity (Wildman–Crippen MR) is 45.1 cm³/mol. The lowest BCUT2D eigenvalue weighted by Gasteiger charge is -1.93. The van der Waals surface area contributed by atoms with Gasteiger partial charge in [0.15, 0.2) is 0 Å². The Balaban J connectivity index is 3.16. The van der Waals surface area contributed by atoms with Gasteiger partial charge in [0.05, 0.1) is 5.56 Å². The lowest BCUT2D eigenvalue weighted by Crippen LogP contribution is -1.85. The molecule has 0 unspecified atom stereocenters. The molecule has 3 heteroatoms. The second-order valence-electron chi connectivity index (χ2n) is 2.26. The second kappa shape index (κ2) is 4.25. The van der Waals surface area contributed by atoms with Gasteiger partial charge in [-0.2, -0.15) is 5.26 Å². The van der Waals surface area contributed by atoms with Crippen LogP contribution in [0.4, 0.5) is 4.39 Å². The van der Waals surface area contributed by atoms with Crippen LogP contribution in [0.1, 0.15) is 11.1 Å². The molecule has 0 bridgehead atoms. The number of nitrogens with zero attached hydrogens (tertiary/aromatic N) is 1. The van der Waals surface area contributed by atoms with Crippen molar-refractivity contribution in [3.63, 3.8) is 0 Å². The van der Waals surface area contributed by atoms with Crippen molar-refractivity contribution in [3.8, 4) is 17.9 Å². The Bertz CT molecular complexity index is 409. The highest BCUT2D eigenvalue weighted by molar-refractivity contribution is 5.47. The number of aliphatic hydroxyl groups is 1. The minimum Gasteiger partial charge on any atom is -0.384 e. The number of aliphatic hydroxyl groups excluding tert-OH is 1. The van der Waals surface area contributed by atoms with E-state index >= 15 is 0 Å². The number of rotatable bonds is 0. The Labute approximate surface area is 75.2 Å². The lowest BCUT2D eigenvalue weighted by molar-refractivity contribution is 0.350. The molecule has 64 valence electrons. The summed E-state index contributed by atoms with van der Waals surface area (Å²) < 4.78 is 12.6. The molecule has 1 aromatic rings. The van der Waals surface area contributed by atoms with Crippen LogP contribution in [0.5, 0.6) is 0 Å². The van der Waals surface area contributed by atoms with E-state index < -0.39 is 5.82 Å².